The summed E-state index contributed by atoms with van der Waals surface area (Å²) in [7, 11) is 1.66. The van der Waals surface area contributed by atoms with Crippen LogP contribution in [0.1, 0.15) is 46.0 Å². The Bertz CT molecular complexity index is 646. The predicted octanol–water partition coefficient (Wildman–Crippen LogP) is 1.85. The zero-order chi connectivity index (χ0) is 18.6. The maximum atomic E-state index is 11.4. The van der Waals surface area contributed by atoms with E-state index >= 15 is 0 Å². The molecule has 146 valence electrons. The number of hydrogen-bond acceptors (Lipinski definition) is 5. The predicted molar refractivity (Wildman–Crippen MR) is 95.0 cm³/mol. The second-order valence-electron chi connectivity index (χ2n) is 10.2. The highest BCUT2D eigenvalue weighted by Gasteiger charge is 2.81. The Morgan fingerprint density at radius 1 is 1.08 bits per heavy atom. The fourth-order valence-electron chi connectivity index (χ4n) is 8.29. The first kappa shape index (κ1) is 17.6. The number of ether oxygens (including phenoxy) is 2. The summed E-state index contributed by atoms with van der Waals surface area (Å²) in [4.78, 5) is 0. The van der Waals surface area contributed by atoms with Gasteiger partial charge in [-0.3, -0.25) is 0 Å². The molecule has 10 unspecified atom stereocenters. The Balaban J connectivity index is 1.75. The molecule has 0 amide bonds. The van der Waals surface area contributed by atoms with Crippen LogP contribution in [0.25, 0.3) is 0 Å². The summed E-state index contributed by atoms with van der Waals surface area (Å²) >= 11 is 0. The van der Waals surface area contributed by atoms with Gasteiger partial charge in [-0.1, -0.05) is 20.4 Å². The maximum Gasteiger partial charge on any atom is 0.166 e. The van der Waals surface area contributed by atoms with Gasteiger partial charge in [0.25, 0.3) is 0 Å². The number of aliphatic hydroxyl groups excluding tert-OH is 3. The van der Waals surface area contributed by atoms with Crippen LogP contribution in [0.15, 0.2) is 12.2 Å². The molecule has 2 saturated heterocycles. The maximum absolute atomic E-state index is 11.4. The molecule has 0 aromatic heterocycles. The normalized spacial score (nSPS) is 59.8. The lowest BCUT2D eigenvalue weighted by atomic mass is 9.36. The van der Waals surface area contributed by atoms with Gasteiger partial charge in [0.1, 0.15) is 0 Å². The first-order chi connectivity index (χ1) is 12.2. The van der Waals surface area contributed by atoms with Crippen molar-refractivity contribution in [1.29, 1.82) is 0 Å². The van der Waals surface area contributed by atoms with E-state index in [0.717, 1.165) is 31.3 Å². The Morgan fingerprint density at radius 3 is 2.50 bits per heavy atom. The molecule has 2 heterocycles. The van der Waals surface area contributed by atoms with Gasteiger partial charge in [0.15, 0.2) is 6.29 Å². The minimum absolute atomic E-state index is 0.0208. The molecule has 26 heavy (non-hydrogen) atoms. The van der Waals surface area contributed by atoms with Gasteiger partial charge in [-0.05, 0) is 54.9 Å². The third kappa shape index (κ3) is 1.60. The molecular formula is C21H32O5. The van der Waals surface area contributed by atoms with Gasteiger partial charge >= 0.3 is 0 Å². The Morgan fingerprint density at radius 2 is 1.81 bits per heavy atom. The molecule has 10 atom stereocenters. The first-order valence-corrected chi connectivity index (χ1v) is 10.1. The quantitative estimate of drug-likeness (QED) is 0.619. The van der Waals surface area contributed by atoms with Crippen molar-refractivity contribution < 1.29 is 24.8 Å². The van der Waals surface area contributed by atoms with Crippen molar-refractivity contribution in [3.05, 3.63) is 12.2 Å². The van der Waals surface area contributed by atoms with E-state index in [1.165, 1.54) is 0 Å². The summed E-state index contributed by atoms with van der Waals surface area (Å²) in [5, 5.41) is 33.9. The molecule has 6 aliphatic rings. The van der Waals surface area contributed by atoms with Gasteiger partial charge in [-0.2, -0.15) is 0 Å². The first-order valence-electron chi connectivity index (χ1n) is 10.1. The lowest BCUT2D eigenvalue weighted by Crippen LogP contribution is -2.79. The van der Waals surface area contributed by atoms with Crippen molar-refractivity contribution in [1.82, 2.24) is 0 Å². The third-order valence-electron chi connectivity index (χ3n) is 9.27. The molecule has 4 saturated carbocycles. The van der Waals surface area contributed by atoms with E-state index in [0.29, 0.717) is 6.42 Å². The molecular weight excluding hydrogens is 332 g/mol. The zero-order valence-corrected chi connectivity index (χ0v) is 16.0. The van der Waals surface area contributed by atoms with Crippen LogP contribution in [0, 0.1) is 34.0 Å². The minimum Gasteiger partial charge on any atom is -0.392 e. The number of hydrogen-bond donors (Lipinski definition) is 3. The van der Waals surface area contributed by atoms with Crippen molar-refractivity contribution in [3.63, 3.8) is 0 Å². The Labute approximate surface area is 155 Å². The van der Waals surface area contributed by atoms with Gasteiger partial charge in [0.05, 0.1) is 35.2 Å². The molecule has 5 heteroatoms. The summed E-state index contributed by atoms with van der Waals surface area (Å²) in [6.07, 6.45) is 1.42. The molecule has 4 aliphatic carbocycles. The van der Waals surface area contributed by atoms with Crippen LogP contribution < -0.4 is 0 Å². The van der Waals surface area contributed by atoms with E-state index in [1.807, 2.05) is 0 Å². The largest absolute Gasteiger partial charge is 0.392 e. The number of rotatable bonds is 1. The summed E-state index contributed by atoms with van der Waals surface area (Å²) in [6.45, 7) is 8.71. The van der Waals surface area contributed by atoms with Crippen LogP contribution in [0.3, 0.4) is 0 Å². The zero-order valence-electron chi connectivity index (χ0n) is 16.0. The highest BCUT2D eigenvalue weighted by Crippen LogP contribution is 2.76. The Kier molecular flexibility index (Phi) is 3.47. The Hall–Kier alpha value is -0.460. The van der Waals surface area contributed by atoms with Crippen molar-refractivity contribution in [2.75, 3.05) is 7.11 Å². The van der Waals surface area contributed by atoms with Crippen molar-refractivity contribution in [2.45, 2.75) is 76.7 Å². The average Bonchev–Trinajstić information content (AvgIpc) is 2.73. The SMILES string of the molecule is C=C1C2CCC3C(C4CC5C(C)(C)CCC(O)C53C(OC)O4)(C1O)C2O. The van der Waals surface area contributed by atoms with Crippen molar-refractivity contribution >= 4 is 0 Å². The van der Waals surface area contributed by atoms with Gasteiger partial charge in [0, 0.05) is 13.0 Å². The van der Waals surface area contributed by atoms with E-state index in [9.17, 15) is 15.3 Å². The van der Waals surface area contributed by atoms with Crippen LogP contribution in [0.2, 0.25) is 0 Å². The average molecular weight is 364 g/mol. The lowest BCUT2D eigenvalue weighted by Gasteiger charge is -2.73. The molecule has 0 aromatic rings. The smallest absolute Gasteiger partial charge is 0.166 e. The fourth-order valence-corrected chi connectivity index (χ4v) is 8.29. The van der Waals surface area contributed by atoms with Crippen LogP contribution in [0.5, 0.6) is 0 Å². The number of methoxy groups -OCH3 is 1. The van der Waals surface area contributed by atoms with Gasteiger partial charge in [-0.25, -0.2) is 0 Å². The van der Waals surface area contributed by atoms with E-state index in [1.54, 1.807) is 7.11 Å². The number of aliphatic hydroxyl groups is 3. The minimum atomic E-state index is -0.770. The van der Waals surface area contributed by atoms with Gasteiger partial charge < -0.3 is 24.8 Å². The standard InChI is InChI=1S/C21H32O5/c1-10-11-5-6-12-20-13(19(2,3)8-7-14(20)22)9-15(26-18(20)25-4)21(12,16(10)23)17(11)24/h11-18,22-24H,1,5-9H2,2-4H3. The molecule has 4 bridgehead atoms. The second kappa shape index (κ2) is 5.12. The molecule has 6 fully saturated rings. The summed E-state index contributed by atoms with van der Waals surface area (Å²) in [5.74, 6) is 0.171. The molecule has 5 nitrogen and oxygen atoms in total. The molecule has 0 radical (unpaired) electrons. The third-order valence-corrected chi connectivity index (χ3v) is 9.27. The lowest BCUT2D eigenvalue weighted by molar-refractivity contribution is -0.420. The fraction of sp³-hybridized carbons (Fsp3) is 0.905. The van der Waals surface area contributed by atoms with Crippen LogP contribution in [-0.4, -0.2) is 53.1 Å². The monoisotopic (exact) mass is 364 g/mol. The topological polar surface area (TPSA) is 79.2 Å². The summed E-state index contributed by atoms with van der Waals surface area (Å²) in [6, 6.07) is 0. The van der Waals surface area contributed by atoms with Crippen LogP contribution in [0.4, 0.5) is 0 Å². The molecule has 0 aromatic carbocycles. The van der Waals surface area contributed by atoms with Crippen molar-refractivity contribution in [3.8, 4) is 0 Å². The van der Waals surface area contributed by atoms with E-state index in [-0.39, 0.29) is 29.3 Å². The molecule has 2 aliphatic heterocycles. The second-order valence-corrected chi connectivity index (χ2v) is 10.2. The van der Waals surface area contributed by atoms with Gasteiger partial charge in [-0.15, -0.1) is 0 Å². The van der Waals surface area contributed by atoms with Crippen LogP contribution >= 0.6 is 0 Å². The van der Waals surface area contributed by atoms with Crippen LogP contribution in [-0.2, 0) is 9.47 Å². The van der Waals surface area contributed by atoms with E-state index in [2.05, 4.69) is 20.4 Å². The highest BCUT2D eigenvalue weighted by atomic mass is 16.7. The molecule has 2 spiro atoms. The van der Waals surface area contributed by atoms with E-state index < -0.39 is 35.4 Å². The molecule has 6 rings (SSSR count). The summed E-state index contributed by atoms with van der Waals surface area (Å²) < 4.78 is 12.2. The van der Waals surface area contributed by atoms with E-state index in [4.69, 9.17) is 9.47 Å². The summed E-state index contributed by atoms with van der Waals surface area (Å²) in [5.41, 5.74) is -0.507. The number of fused-ring (bicyclic) bond motifs is 2. The van der Waals surface area contributed by atoms with Crippen molar-refractivity contribution in [2.24, 2.45) is 34.0 Å². The van der Waals surface area contributed by atoms with Gasteiger partial charge in [0.2, 0.25) is 0 Å². The molecule has 3 N–H and O–H groups in total. The highest BCUT2D eigenvalue weighted by molar-refractivity contribution is 5.35.